The summed E-state index contributed by atoms with van der Waals surface area (Å²) in [4.78, 5) is 2.44. The van der Waals surface area contributed by atoms with Crippen LogP contribution in [0.1, 0.15) is 13.3 Å². The molecule has 2 nitrogen and oxygen atoms in total. The van der Waals surface area contributed by atoms with Crippen molar-refractivity contribution in [2.24, 2.45) is 5.92 Å². The van der Waals surface area contributed by atoms with Crippen LogP contribution in [0.25, 0.3) is 0 Å². The number of para-hydroxylation sites is 4. The molecule has 4 rings (SSSR count). The molecule has 1 aliphatic carbocycles. The number of fused-ring (bicyclic) bond motifs is 2. The Morgan fingerprint density at radius 3 is 1.94 bits per heavy atom. The zero-order chi connectivity index (χ0) is 12.1. The first-order chi connectivity index (χ1) is 8.84. The summed E-state index contributed by atoms with van der Waals surface area (Å²) in [6, 6.07) is 17.2. The molecule has 0 saturated heterocycles. The quantitative estimate of drug-likeness (QED) is 0.731. The molecule has 1 saturated carbocycles. The molecule has 0 aromatic heterocycles. The second kappa shape index (κ2) is 3.52. The molecule has 2 unspecified atom stereocenters. The van der Waals surface area contributed by atoms with E-state index < -0.39 is 0 Å². The van der Waals surface area contributed by atoms with Gasteiger partial charge in [-0.05, 0) is 36.6 Å². The Morgan fingerprint density at radius 2 is 1.44 bits per heavy atom. The highest BCUT2D eigenvalue weighted by molar-refractivity contribution is 5.79. The minimum Gasteiger partial charge on any atom is -0.453 e. The van der Waals surface area contributed by atoms with E-state index in [0.717, 1.165) is 17.4 Å². The van der Waals surface area contributed by atoms with Crippen LogP contribution in [0.15, 0.2) is 48.5 Å². The zero-order valence-corrected chi connectivity index (χ0v) is 10.3. The lowest BCUT2D eigenvalue weighted by Gasteiger charge is -2.33. The average molecular weight is 237 g/mol. The molecule has 1 heterocycles. The summed E-state index contributed by atoms with van der Waals surface area (Å²) >= 11 is 0. The van der Waals surface area contributed by atoms with Gasteiger partial charge in [-0.25, -0.2) is 0 Å². The van der Waals surface area contributed by atoms with Gasteiger partial charge in [0.05, 0.1) is 11.4 Å². The molecule has 0 N–H and O–H groups in total. The van der Waals surface area contributed by atoms with Crippen molar-refractivity contribution in [3.05, 3.63) is 48.5 Å². The second-order valence-electron chi connectivity index (χ2n) is 5.19. The topological polar surface area (TPSA) is 12.5 Å². The van der Waals surface area contributed by atoms with Gasteiger partial charge >= 0.3 is 0 Å². The van der Waals surface area contributed by atoms with E-state index in [2.05, 4.69) is 36.1 Å². The van der Waals surface area contributed by atoms with Gasteiger partial charge in [-0.15, -0.1) is 0 Å². The summed E-state index contributed by atoms with van der Waals surface area (Å²) in [6.07, 6.45) is 1.27. The van der Waals surface area contributed by atoms with Crippen LogP contribution in [-0.2, 0) is 0 Å². The number of nitrogens with zero attached hydrogens (tertiary/aromatic N) is 1. The van der Waals surface area contributed by atoms with Crippen molar-refractivity contribution < 1.29 is 4.74 Å². The van der Waals surface area contributed by atoms with E-state index in [0.29, 0.717) is 6.04 Å². The summed E-state index contributed by atoms with van der Waals surface area (Å²) < 4.78 is 5.98. The predicted octanol–water partition coefficient (Wildman–Crippen LogP) is 4.34. The Balaban J connectivity index is 1.90. The van der Waals surface area contributed by atoms with Crippen LogP contribution in [0.3, 0.4) is 0 Å². The van der Waals surface area contributed by atoms with Gasteiger partial charge in [-0.2, -0.15) is 0 Å². The third kappa shape index (κ3) is 1.35. The van der Waals surface area contributed by atoms with Gasteiger partial charge in [-0.3, -0.25) is 0 Å². The van der Waals surface area contributed by atoms with Crippen LogP contribution >= 0.6 is 0 Å². The van der Waals surface area contributed by atoms with E-state index in [1.807, 2.05) is 24.3 Å². The molecule has 2 aliphatic rings. The molecule has 1 fully saturated rings. The number of hydrogen-bond donors (Lipinski definition) is 0. The minimum atomic E-state index is 0.621. The monoisotopic (exact) mass is 237 g/mol. The maximum absolute atomic E-state index is 5.98. The number of benzene rings is 2. The van der Waals surface area contributed by atoms with Gasteiger partial charge < -0.3 is 9.64 Å². The highest BCUT2D eigenvalue weighted by Crippen LogP contribution is 2.52. The maximum atomic E-state index is 5.98. The van der Waals surface area contributed by atoms with Gasteiger partial charge in [0.25, 0.3) is 0 Å². The fourth-order valence-corrected chi connectivity index (χ4v) is 2.75. The van der Waals surface area contributed by atoms with Crippen molar-refractivity contribution in [1.29, 1.82) is 0 Å². The third-order valence-electron chi connectivity index (χ3n) is 3.87. The van der Waals surface area contributed by atoms with Crippen LogP contribution in [0.4, 0.5) is 11.4 Å². The van der Waals surface area contributed by atoms with Gasteiger partial charge in [0.15, 0.2) is 11.5 Å². The van der Waals surface area contributed by atoms with Gasteiger partial charge in [0.1, 0.15) is 0 Å². The van der Waals surface area contributed by atoms with Gasteiger partial charge in [-0.1, -0.05) is 31.2 Å². The SMILES string of the molecule is CC1CC1N1c2ccccc2Oc2ccccc21. The maximum Gasteiger partial charge on any atom is 0.151 e. The molecule has 1 aliphatic heterocycles. The van der Waals surface area contributed by atoms with E-state index in [-0.39, 0.29) is 0 Å². The Labute approximate surface area is 107 Å². The molecule has 0 spiro atoms. The summed E-state index contributed by atoms with van der Waals surface area (Å²) in [7, 11) is 0. The number of hydrogen-bond acceptors (Lipinski definition) is 2. The van der Waals surface area contributed by atoms with E-state index in [4.69, 9.17) is 4.74 Å². The minimum absolute atomic E-state index is 0.621. The highest BCUT2D eigenvalue weighted by atomic mass is 16.5. The van der Waals surface area contributed by atoms with E-state index >= 15 is 0 Å². The Hall–Kier alpha value is -1.96. The van der Waals surface area contributed by atoms with Crippen molar-refractivity contribution in [3.63, 3.8) is 0 Å². The Bertz CT molecular complexity index is 562. The molecular formula is C16H15NO. The largest absolute Gasteiger partial charge is 0.453 e. The van der Waals surface area contributed by atoms with Crippen molar-refractivity contribution in [2.75, 3.05) is 4.90 Å². The van der Waals surface area contributed by atoms with Crippen molar-refractivity contribution in [1.82, 2.24) is 0 Å². The lowest BCUT2D eigenvalue weighted by atomic mass is 10.1. The van der Waals surface area contributed by atoms with Crippen LogP contribution in [0, 0.1) is 5.92 Å². The van der Waals surface area contributed by atoms with Crippen LogP contribution in [0.2, 0.25) is 0 Å². The van der Waals surface area contributed by atoms with Crippen molar-refractivity contribution >= 4 is 11.4 Å². The van der Waals surface area contributed by atoms with E-state index in [1.54, 1.807) is 0 Å². The molecule has 2 atom stereocenters. The molecule has 18 heavy (non-hydrogen) atoms. The standard InChI is InChI=1S/C16H15NO/c1-11-10-14(11)17-12-6-2-4-8-15(12)18-16-9-5-3-7-13(16)17/h2-9,11,14H,10H2,1H3. The normalized spacial score (nSPS) is 23.9. The Kier molecular flexibility index (Phi) is 1.95. The molecule has 2 aromatic rings. The van der Waals surface area contributed by atoms with Gasteiger partial charge in [0, 0.05) is 6.04 Å². The predicted molar refractivity (Wildman–Crippen MR) is 72.7 cm³/mol. The van der Waals surface area contributed by atoms with E-state index in [9.17, 15) is 0 Å². The van der Waals surface area contributed by atoms with Crippen molar-refractivity contribution in [3.8, 4) is 11.5 Å². The van der Waals surface area contributed by atoms with E-state index in [1.165, 1.54) is 17.8 Å². The summed E-state index contributed by atoms with van der Waals surface area (Å²) in [5, 5.41) is 0. The van der Waals surface area contributed by atoms with Gasteiger partial charge in [0.2, 0.25) is 0 Å². The molecule has 0 amide bonds. The van der Waals surface area contributed by atoms with Crippen LogP contribution in [0.5, 0.6) is 11.5 Å². The Morgan fingerprint density at radius 1 is 0.944 bits per heavy atom. The average Bonchev–Trinajstić information content (AvgIpc) is 3.12. The summed E-state index contributed by atoms with van der Waals surface area (Å²) in [6.45, 7) is 2.31. The first kappa shape index (κ1) is 10.0. The van der Waals surface area contributed by atoms with Crippen LogP contribution < -0.4 is 9.64 Å². The van der Waals surface area contributed by atoms with Crippen LogP contribution in [-0.4, -0.2) is 6.04 Å². The molecule has 0 radical (unpaired) electrons. The number of anilines is 2. The molecular weight excluding hydrogens is 222 g/mol. The fourth-order valence-electron chi connectivity index (χ4n) is 2.75. The number of rotatable bonds is 1. The first-order valence-electron chi connectivity index (χ1n) is 6.50. The summed E-state index contributed by atoms with van der Waals surface area (Å²) in [5.74, 6) is 2.70. The highest BCUT2D eigenvalue weighted by Gasteiger charge is 2.42. The van der Waals surface area contributed by atoms with Crippen molar-refractivity contribution in [2.45, 2.75) is 19.4 Å². The lowest BCUT2D eigenvalue weighted by Crippen LogP contribution is -2.24. The molecule has 2 heteroatoms. The fraction of sp³-hybridized carbons (Fsp3) is 0.250. The summed E-state index contributed by atoms with van der Waals surface area (Å²) in [5.41, 5.74) is 2.40. The third-order valence-corrected chi connectivity index (χ3v) is 3.87. The molecule has 0 bridgehead atoms. The zero-order valence-electron chi connectivity index (χ0n) is 10.3. The molecule has 2 aromatic carbocycles. The smallest absolute Gasteiger partial charge is 0.151 e. The first-order valence-corrected chi connectivity index (χ1v) is 6.50. The lowest BCUT2D eigenvalue weighted by molar-refractivity contribution is 0.472. The second-order valence-corrected chi connectivity index (χ2v) is 5.19. The molecule has 90 valence electrons. The number of ether oxygens (including phenoxy) is 1.